The second-order valence-electron chi connectivity index (χ2n) is 5.26. The molecule has 0 radical (unpaired) electrons. The van der Waals surface area contributed by atoms with Crippen LogP contribution in [0.3, 0.4) is 0 Å². The van der Waals surface area contributed by atoms with Crippen molar-refractivity contribution in [2.75, 3.05) is 11.4 Å². The molecule has 2 heterocycles. The van der Waals surface area contributed by atoms with Crippen molar-refractivity contribution in [3.05, 3.63) is 52.3 Å². The first kappa shape index (κ1) is 12.2. The first-order valence-electron chi connectivity index (χ1n) is 6.78. The van der Waals surface area contributed by atoms with Crippen molar-refractivity contribution in [1.29, 1.82) is 0 Å². The largest absolute Gasteiger partial charge is 0.336 e. The summed E-state index contributed by atoms with van der Waals surface area (Å²) in [7, 11) is 0. The number of hydrogen-bond acceptors (Lipinski definition) is 3. The monoisotopic (exact) mass is 253 g/mol. The van der Waals surface area contributed by atoms with Gasteiger partial charge in [0.1, 0.15) is 0 Å². The number of nitrogens with zero attached hydrogens (tertiary/aromatic N) is 3. The van der Waals surface area contributed by atoms with Gasteiger partial charge in [0.15, 0.2) is 0 Å². The van der Waals surface area contributed by atoms with Gasteiger partial charge < -0.3 is 4.90 Å². The molecule has 98 valence electrons. The van der Waals surface area contributed by atoms with E-state index in [-0.39, 0.29) is 0 Å². The summed E-state index contributed by atoms with van der Waals surface area (Å²) < 4.78 is 0. The van der Waals surface area contributed by atoms with Crippen molar-refractivity contribution in [2.24, 2.45) is 0 Å². The highest BCUT2D eigenvalue weighted by atomic mass is 15.3. The molecule has 3 rings (SSSR count). The molecule has 2 aromatic rings. The molecule has 0 saturated heterocycles. The second kappa shape index (κ2) is 4.65. The smallest absolute Gasteiger partial charge is 0.226 e. The van der Waals surface area contributed by atoms with Crippen LogP contribution in [0.5, 0.6) is 0 Å². The molecular weight excluding hydrogens is 234 g/mol. The van der Waals surface area contributed by atoms with Crippen LogP contribution in [0, 0.1) is 20.8 Å². The van der Waals surface area contributed by atoms with Crippen LogP contribution in [0.4, 0.5) is 5.95 Å². The van der Waals surface area contributed by atoms with Crippen LogP contribution in [0.25, 0.3) is 0 Å². The van der Waals surface area contributed by atoms with Crippen molar-refractivity contribution in [1.82, 2.24) is 9.97 Å². The van der Waals surface area contributed by atoms with Gasteiger partial charge in [-0.3, -0.25) is 0 Å². The predicted octanol–water partition coefficient (Wildman–Crippen LogP) is 2.96. The van der Waals surface area contributed by atoms with Crippen molar-refractivity contribution in [2.45, 2.75) is 33.7 Å². The topological polar surface area (TPSA) is 29.0 Å². The zero-order valence-corrected chi connectivity index (χ0v) is 11.8. The van der Waals surface area contributed by atoms with Crippen LogP contribution in [0.1, 0.15) is 28.1 Å². The Morgan fingerprint density at radius 3 is 2.26 bits per heavy atom. The first-order chi connectivity index (χ1) is 9.15. The molecular formula is C16H19N3. The first-order valence-corrected chi connectivity index (χ1v) is 6.78. The summed E-state index contributed by atoms with van der Waals surface area (Å²) >= 11 is 0. The second-order valence-corrected chi connectivity index (χ2v) is 5.26. The molecule has 0 N–H and O–H groups in total. The standard InChI is InChI=1S/C16H19N3/c1-11-12(2)17-16(18-13(11)3)19-9-8-14-6-4-5-7-15(14)10-19/h4-7H,8-10H2,1-3H3. The molecule has 0 atom stereocenters. The Bertz CT molecular complexity index is 596. The Balaban J connectivity index is 1.93. The number of rotatable bonds is 1. The number of aromatic nitrogens is 2. The maximum absolute atomic E-state index is 4.64. The summed E-state index contributed by atoms with van der Waals surface area (Å²) in [4.78, 5) is 11.6. The average Bonchev–Trinajstić information content (AvgIpc) is 2.43. The molecule has 1 aliphatic heterocycles. The summed E-state index contributed by atoms with van der Waals surface area (Å²) in [5.41, 5.74) is 6.22. The van der Waals surface area contributed by atoms with Crippen molar-refractivity contribution < 1.29 is 0 Å². The molecule has 0 spiro atoms. The van der Waals surface area contributed by atoms with Gasteiger partial charge in [-0.1, -0.05) is 24.3 Å². The lowest BCUT2D eigenvalue weighted by molar-refractivity contribution is 0.702. The van der Waals surface area contributed by atoms with E-state index in [4.69, 9.17) is 0 Å². The zero-order valence-electron chi connectivity index (χ0n) is 11.8. The van der Waals surface area contributed by atoms with Gasteiger partial charge >= 0.3 is 0 Å². The van der Waals surface area contributed by atoms with E-state index < -0.39 is 0 Å². The van der Waals surface area contributed by atoms with E-state index in [1.807, 2.05) is 0 Å². The molecule has 0 amide bonds. The number of fused-ring (bicyclic) bond motifs is 1. The van der Waals surface area contributed by atoms with Crippen LogP contribution in [-0.4, -0.2) is 16.5 Å². The van der Waals surface area contributed by atoms with Gasteiger partial charge in [-0.25, -0.2) is 9.97 Å². The Morgan fingerprint density at radius 2 is 1.58 bits per heavy atom. The van der Waals surface area contributed by atoms with Gasteiger partial charge in [-0.2, -0.15) is 0 Å². The molecule has 1 aromatic heterocycles. The fourth-order valence-electron chi connectivity index (χ4n) is 2.56. The van der Waals surface area contributed by atoms with E-state index >= 15 is 0 Å². The lowest BCUT2D eigenvalue weighted by atomic mass is 10.0. The number of benzene rings is 1. The normalized spacial score (nSPS) is 14.4. The maximum atomic E-state index is 4.64. The minimum atomic E-state index is 0.870. The number of anilines is 1. The van der Waals surface area contributed by atoms with E-state index in [0.717, 1.165) is 36.8 Å². The lowest BCUT2D eigenvalue weighted by Crippen LogP contribution is -2.32. The molecule has 19 heavy (non-hydrogen) atoms. The Morgan fingerprint density at radius 1 is 0.947 bits per heavy atom. The van der Waals surface area contributed by atoms with Crippen LogP contribution in [-0.2, 0) is 13.0 Å². The highest BCUT2D eigenvalue weighted by Crippen LogP contribution is 2.23. The SMILES string of the molecule is Cc1nc(N2CCc3ccccc3C2)nc(C)c1C. The third-order valence-electron chi connectivity index (χ3n) is 4.03. The Kier molecular flexibility index (Phi) is 2.97. The van der Waals surface area contributed by atoms with E-state index in [9.17, 15) is 0 Å². The van der Waals surface area contributed by atoms with Crippen LogP contribution in [0.15, 0.2) is 24.3 Å². The molecule has 0 unspecified atom stereocenters. The zero-order chi connectivity index (χ0) is 13.4. The van der Waals surface area contributed by atoms with Crippen LogP contribution < -0.4 is 4.90 Å². The quantitative estimate of drug-likeness (QED) is 0.782. The summed E-state index contributed by atoms with van der Waals surface area (Å²) in [5.74, 6) is 0.870. The fraction of sp³-hybridized carbons (Fsp3) is 0.375. The van der Waals surface area contributed by atoms with Crippen LogP contribution in [0.2, 0.25) is 0 Å². The Labute approximate surface area is 114 Å². The summed E-state index contributed by atoms with van der Waals surface area (Å²) in [6.07, 6.45) is 1.07. The third-order valence-corrected chi connectivity index (χ3v) is 4.03. The molecule has 0 bridgehead atoms. The molecule has 3 heteroatoms. The molecule has 3 nitrogen and oxygen atoms in total. The summed E-state index contributed by atoms with van der Waals surface area (Å²) in [6.45, 7) is 8.12. The van der Waals surface area contributed by atoms with Crippen molar-refractivity contribution in [3.8, 4) is 0 Å². The number of aryl methyl sites for hydroxylation is 2. The summed E-state index contributed by atoms with van der Waals surface area (Å²) in [6, 6.07) is 8.65. The predicted molar refractivity (Wildman–Crippen MR) is 77.4 cm³/mol. The molecule has 1 aromatic carbocycles. The highest BCUT2D eigenvalue weighted by molar-refractivity contribution is 5.41. The Hall–Kier alpha value is -1.90. The fourth-order valence-corrected chi connectivity index (χ4v) is 2.56. The van der Waals surface area contributed by atoms with Crippen molar-refractivity contribution in [3.63, 3.8) is 0 Å². The maximum Gasteiger partial charge on any atom is 0.226 e. The van der Waals surface area contributed by atoms with E-state index in [1.54, 1.807) is 0 Å². The van der Waals surface area contributed by atoms with E-state index in [1.165, 1.54) is 16.7 Å². The molecule has 0 aliphatic carbocycles. The van der Waals surface area contributed by atoms with E-state index in [0.29, 0.717) is 0 Å². The van der Waals surface area contributed by atoms with Gasteiger partial charge in [-0.05, 0) is 43.9 Å². The molecule has 0 saturated carbocycles. The van der Waals surface area contributed by atoms with Crippen LogP contribution >= 0.6 is 0 Å². The minimum Gasteiger partial charge on any atom is -0.336 e. The van der Waals surface area contributed by atoms with Gasteiger partial charge in [0.2, 0.25) is 5.95 Å². The minimum absolute atomic E-state index is 0.870. The summed E-state index contributed by atoms with van der Waals surface area (Å²) in [5, 5.41) is 0. The molecule has 0 fully saturated rings. The average molecular weight is 253 g/mol. The third kappa shape index (κ3) is 2.21. The van der Waals surface area contributed by atoms with Crippen molar-refractivity contribution >= 4 is 5.95 Å². The van der Waals surface area contributed by atoms with Gasteiger partial charge in [0, 0.05) is 24.5 Å². The van der Waals surface area contributed by atoms with E-state index in [2.05, 4.69) is 59.9 Å². The number of hydrogen-bond donors (Lipinski definition) is 0. The lowest BCUT2D eigenvalue weighted by Gasteiger charge is -2.29. The molecule has 1 aliphatic rings. The van der Waals surface area contributed by atoms with Gasteiger partial charge in [-0.15, -0.1) is 0 Å². The van der Waals surface area contributed by atoms with Gasteiger partial charge in [0.05, 0.1) is 0 Å². The highest BCUT2D eigenvalue weighted by Gasteiger charge is 2.18. The van der Waals surface area contributed by atoms with Gasteiger partial charge in [0.25, 0.3) is 0 Å².